The average Bonchev–Trinajstić information content (AvgIpc) is 3.37. The van der Waals surface area contributed by atoms with Gasteiger partial charge >= 0.3 is 0 Å². The molecule has 0 spiro atoms. The van der Waals surface area contributed by atoms with Gasteiger partial charge in [0.2, 0.25) is 17.6 Å². The van der Waals surface area contributed by atoms with Crippen LogP contribution in [0.1, 0.15) is 42.7 Å². The van der Waals surface area contributed by atoms with Crippen LogP contribution in [0.2, 0.25) is 0 Å². The Morgan fingerprint density at radius 3 is 2.43 bits per heavy atom. The van der Waals surface area contributed by atoms with Crippen LogP contribution in [-0.2, 0) is 11.2 Å². The van der Waals surface area contributed by atoms with Crippen LogP contribution in [0.4, 0.5) is 5.82 Å². The number of aryl methyl sites for hydroxylation is 2. The molecule has 9 heteroatoms. The lowest BCUT2D eigenvalue weighted by atomic mass is 10.1. The first-order valence-electron chi connectivity index (χ1n) is 10.2. The van der Waals surface area contributed by atoms with Crippen LogP contribution in [0.3, 0.4) is 0 Å². The minimum Gasteiger partial charge on any atom is -0.361 e. The monoisotopic (exact) mass is 410 g/mol. The van der Waals surface area contributed by atoms with E-state index in [4.69, 9.17) is 9.05 Å². The van der Waals surface area contributed by atoms with Gasteiger partial charge in [-0.2, -0.15) is 4.98 Å². The molecule has 0 radical (unpaired) electrons. The SMILES string of the molecule is Cc1noc(C)c1CC(=O)N1CCN(c2ccc(-c3noc(C(C)C)n3)cn2)CC1. The third-order valence-corrected chi connectivity index (χ3v) is 5.41. The van der Waals surface area contributed by atoms with E-state index in [9.17, 15) is 4.79 Å². The number of hydrogen-bond acceptors (Lipinski definition) is 8. The van der Waals surface area contributed by atoms with Crippen molar-refractivity contribution in [3.05, 3.63) is 41.2 Å². The van der Waals surface area contributed by atoms with Gasteiger partial charge in [0, 0.05) is 49.4 Å². The molecule has 1 saturated heterocycles. The Morgan fingerprint density at radius 2 is 1.87 bits per heavy atom. The Hall–Kier alpha value is -3.23. The summed E-state index contributed by atoms with van der Waals surface area (Å²) in [4.78, 5) is 25.7. The Bertz CT molecular complexity index is 996. The van der Waals surface area contributed by atoms with Crippen LogP contribution < -0.4 is 4.90 Å². The highest BCUT2D eigenvalue weighted by Gasteiger charge is 2.24. The number of rotatable bonds is 5. The molecule has 4 heterocycles. The van der Waals surface area contributed by atoms with E-state index in [1.54, 1.807) is 6.20 Å². The van der Waals surface area contributed by atoms with Crippen molar-refractivity contribution >= 4 is 11.7 Å². The molecule has 0 bridgehead atoms. The largest absolute Gasteiger partial charge is 0.361 e. The van der Waals surface area contributed by atoms with Crippen molar-refractivity contribution in [2.24, 2.45) is 0 Å². The summed E-state index contributed by atoms with van der Waals surface area (Å²) in [7, 11) is 0. The number of amides is 1. The van der Waals surface area contributed by atoms with Gasteiger partial charge in [0.15, 0.2) is 0 Å². The van der Waals surface area contributed by atoms with Gasteiger partial charge in [-0.25, -0.2) is 4.98 Å². The van der Waals surface area contributed by atoms with E-state index in [-0.39, 0.29) is 11.8 Å². The fourth-order valence-corrected chi connectivity index (χ4v) is 3.49. The molecular weight excluding hydrogens is 384 g/mol. The summed E-state index contributed by atoms with van der Waals surface area (Å²) in [5.74, 6) is 3.05. The fourth-order valence-electron chi connectivity index (χ4n) is 3.49. The zero-order chi connectivity index (χ0) is 21.3. The molecule has 158 valence electrons. The molecule has 0 N–H and O–H groups in total. The second-order valence-corrected chi connectivity index (χ2v) is 7.86. The molecule has 0 aromatic carbocycles. The van der Waals surface area contributed by atoms with Crippen LogP contribution in [0.15, 0.2) is 27.4 Å². The Labute approximate surface area is 175 Å². The lowest BCUT2D eigenvalue weighted by Gasteiger charge is -2.35. The summed E-state index contributed by atoms with van der Waals surface area (Å²) in [6.45, 7) is 10.5. The normalized spacial score (nSPS) is 14.6. The summed E-state index contributed by atoms with van der Waals surface area (Å²) >= 11 is 0. The molecule has 30 heavy (non-hydrogen) atoms. The molecule has 3 aromatic heterocycles. The second kappa shape index (κ2) is 8.25. The van der Waals surface area contributed by atoms with Crippen LogP contribution in [0, 0.1) is 13.8 Å². The zero-order valence-corrected chi connectivity index (χ0v) is 17.8. The molecule has 0 saturated carbocycles. The number of piperazine rings is 1. The molecule has 9 nitrogen and oxygen atoms in total. The summed E-state index contributed by atoms with van der Waals surface area (Å²) in [6.07, 6.45) is 2.09. The highest BCUT2D eigenvalue weighted by atomic mass is 16.5. The lowest BCUT2D eigenvalue weighted by Crippen LogP contribution is -2.49. The standard InChI is InChI=1S/C21H26N6O3/c1-13(2)21-23-20(25-30-21)16-5-6-18(22-12-16)26-7-9-27(10-8-26)19(28)11-17-14(3)24-29-15(17)4/h5-6,12-13H,7-11H2,1-4H3. The number of carbonyl (C=O) groups excluding carboxylic acids is 1. The summed E-state index contributed by atoms with van der Waals surface area (Å²) in [5.41, 5.74) is 2.50. The molecule has 0 unspecified atom stereocenters. The molecule has 1 aliphatic rings. The van der Waals surface area contributed by atoms with Crippen LogP contribution >= 0.6 is 0 Å². The van der Waals surface area contributed by atoms with E-state index in [2.05, 4.69) is 25.2 Å². The Kier molecular flexibility index (Phi) is 5.52. The molecular formula is C21H26N6O3. The van der Waals surface area contributed by atoms with E-state index in [0.29, 0.717) is 37.0 Å². The van der Waals surface area contributed by atoms with Crippen molar-refractivity contribution < 1.29 is 13.8 Å². The van der Waals surface area contributed by atoms with E-state index in [1.807, 2.05) is 44.7 Å². The van der Waals surface area contributed by atoms with Gasteiger partial charge in [-0.1, -0.05) is 24.2 Å². The number of anilines is 1. The molecule has 0 atom stereocenters. The maximum absolute atomic E-state index is 12.7. The van der Waals surface area contributed by atoms with E-state index < -0.39 is 0 Å². The number of nitrogens with zero attached hydrogens (tertiary/aromatic N) is 6. The average molecular weight is 410 g/mol. The van der Waals surface area contributed by atoms with Crippen LogP contribution in [0.25, 0.3) is 11.4 Å². The Morgan fingerprint density at radius 1 is 1.10 bits per heavy atom. The van der Waals surface area contributed by atoms with Crippen molar-refractivity contribution in [1.82, 2.24) is 25.2 Å². The van der Waals surface area contributed by atoms with Gasteiger partial charge in [0.05, 0.1) is 12.1 Å². The second-order valence-electron chi connectivity index (χ2n) is 7.86. The Balaban J connectivity index is 1.35. The highest BCUT2D eigenvalue weighted by Crippen LogP contribution is 2.22. The van der Waals surface area contributed by atoms with Gasteiger partial charge in [-0.3, -0.25) is 4.79 Å². The number of pyridine rings is 1. The molecule has 1 amide bonds. The molecule has 3 aromatic rings. The first kappa shape index (κ1) is 20.1. The predicted octanol–water partition coefficient (Wildman–Crippen LogP) is 2.75. The van der Waals surface area contributed by atoms with E-state index in [1.165, 1.54) is 0 Å². The maximum Gasteiger partial charge on any atom is 0.229 e. The van der Waals surface area contributed by atoms with Crippen molar-refractivity contribution in [2.75, 3.05) is 31.1 Å². The number of hydrogen-bond donors (Lipinski definition) is 0. The third-order valence-electron chi connectivity index (χ3n) is 5.41. The summed E-state index contributed by atoms with van der Waals surface area (Å²) < 4.78 is 10.4. The fraction of sp³-hybridized carbons (Fsp3) is 0.476. The van der Waals surface area contributed by atoms with E-state index >= 15 is 0 Å². The van der Waals surface area contributed by atoms with Gasteiger partial charge in [0.1, 0.15) is 11.6 Å². The van der Waals surface area contributed by atoms with Gasteiger partial charge in [0.25, 0.3) is 0 Å². The highest BCUT2D eigenvalue weighted by molar-refractivity contribution is 5.79. The van der Waals surface area contributed by atoms with Gasteiger partial charge in [-0.15, -0.1) is 0 Å². The summed E-state index contributed by atoms with van der Waals surface area (Å²) in [6, 6.07) is 3.91. The first-order valence-corrected chi connectivity index (χ1v) is 10.2. The quantitative estimate of drug-likeness (QED) is 0.633. The van der Waals surface area contributed by atoms with Gasteiger partial charge < -0.3 is 18.8 Å². The smallest absolute Gasteiger partial charge is 0.229 e. The first-order chi connectivity index (χ1) is 14.4. The van der Waals surface area contributed by atoms with Crippen molar-refractivity contribution in [3.8, 4) is 11.4 Å². The molecule has 1 fully saturated rings. The van der Waals surface area contributed by atoms with Crippen LogP contribution in [0.5, 0.6) is 0 Å². The molecule has 4 rings (SSSR count). The van der Waals surface area contributed by atoms with Crippen molar-refractivity contribution in [2.45, 2.75) is 40.0 Å². The van der Waals surface area contributed by atoms with Crippen molar-refractivity contribution in [1.29, 1.82) is 0 Å². The molecule has 0 aliphatic carbocycles. The van der Waals surface area contributed by atoms with E-state index in [0.717, 1.165) is 35.7 Å². The molecule has 1 aliphatic heterocycles. The number of carbonyl (C=O) groups is 1. The topological polar surface area (TPSA) is 101 Å². The minimum absolute atomic E-state index is 0.102. The number of aromatic nitrogens is 4. The van der Waals surface area contributed by atoms with Gasteiger partial charge in [-0.05, 0) is 26.0 Å². The predicted molar refractivity (Wildman–Crippen MR) is 110 cm³/mol. The van der Waals surface area contributed by atoms with Crippen LogP contribution in [-0.4, -0.2) is 57.3 Å². The maximum atomic E-state index is 12.7. The zero-order valence-electron chi connectivity index (χ0n) is 17.8. The van der Waals surface area contributed by atoms with Crippen molar-refractivity contribution in [3.63, 3.8) is 0 Å². The minimum atomic E-state index is 0.102. The lowest BCUT2D eigenvalue weighted by molar-refractivity contribution is -0.130. The third kappa shape index (κ3) is 4.05. The summed E-state index contributed by atoms with van der Waals surface area (Å²) in [5, 5.41) is 7.95.